The molecule has 3 heterocycles. The maximum absolute atomic E-state index is 15.0. The Hall–Kier alpha value is -3.07. The highest BCUT2D eigenvalue weighted by atomic mass is 19.1. The first kappa shape index (κ1) is 19.3. The van der Waals surface area contributed by atoms with Gasteiger partial charge in [-0.25, -0.2) is 14.4 Å². The monoisotopic (exact) mass is 399 g/mol. The first-order chi connectivity index (χ1) is 13.8. The van der Waals surface area contributed by atoms with Crippen molar-refractivity contribution in [2.24, 2.45) is 16.6 Å². The maximum Gasteiger partial charge on any atom is 0.240 e. The van der Waals surface area contributed by atoms with Crippen molar-refractivity contribution in [1.29, 1.82) is 0 Å². The van der Waals surface area contributed by atoms with Crippen molar-refractivity contribution in [1.82, 2.24) is 14.9 Å². The van der Waals surface area contributed by atoms with Crippen LogP contribution in [0, 0.1) is 18.7 Å². The topological polar surface area (TPSA) is 103 Å². The summed E-state index contributed by atoms with van der Waals surface area (Å²) >= 11 is 0. The van der Waals surface area contributed by atoms with E-state index >= 15 is 4.39 Å². The number of carbonyl (C=O) groups excluding carboxylic acids is 1. The zero-order valence-corrected chi connectivity index (χ0v) is 16.4. The lowest BCUT2D eigenvalue weighted by molar-refractivity contribution is -0.144. The molecule has 2 N–H and O–H groups in total. The summed E-state index contributed by atoms with van der Waals surface area (Å²) in [5.41, 5.74) is 5.55. The average molecular weight is 399 g/mol. The van der Waals surface area contributed by atoms with Crippen LogP contribution in [-0.2, 0) is 15.1 Å². The van der Waals surface area contributed by atoms with E-state index in [4.69, 9.17) is 15.2 Å². The number of nitrogens with zero attached hydrogens (tertiary/aromatic N) is 4. The summed E-state index contributed by atoms with van der Waals surface area (Å²) in [6, 6.07) is 4.31. The largest absolute Gasteiger partial charge is 0.437 e. The number of hydrogen-bond donors (Lipinski definition) is 1. The molecule has 2 aliphatic rings. The lowest BCUT2D eigenvalue weighted by atomic mass is 9.72. The molecule has 2 aromatic rings. The molecule has 152 valence electrons. The van der Waals surface area contributed by atoms with Gasteiger partial charge in [-0.2, -0.15) is 0 Å². The third-order valence-corrected chi connectivity index (χ3v) is 5.47. The van der Waals surface area contributed by atoms with Crippen LogP contribution in [0.1, 0.15) is 24.6 Å². The number of hydrogen-bond acceptors (Lipinski definition) is 7. The van der Waals surface area contributed by atoms with E-state index in [-0.39, 0.29) is 30.1 Å². The van der Waals surface area contributed by atoms with Crippen molar-refractivity contribution in [3.63, 3.8) is 0 Å². The standard InChI is InChI=1S/C20H22FN5O3/c1-11-8-15-18(27)26(3)19(22)25-20(15,10-28-11)14-9-13(4-5-16(14)21)29-17-12(2)23-6-7-24-17/h4-7,9,11,15H,8,10H2,1-3H3,(H2,22,25)/t11-,15-,20+/m0/s1. The summed E-state index contributed by atoms with van der Waals surface area (Å²) < 4.78 is 26.6. The van der Waals surface area contributed by atoms with Crippen molar-refractivity contribution in [2.45, 2.75) is 31.9 Å². The molecule has 0 unspecified atom stereocenters. The fourth-order valence-corrected chi connectivity index (χ4v) is 3.84. The number of ether oxygens (including phenoxy) is 2. The van der Waals surface area contributed by atoms with E-state index < -0.39 is 17.3 Å². The van der Waals surface area contributed by atoms with Crippen molar-refractivity contribution >= 4 is 11.9 Å². The Balaban J connectivity index is 1.81. The smallest absolute Gasteiger partial charge is 0.240 e. The maximum atomic E-state index is 15.0. The van der Waals surface area contributed by atoms with Crippen molar-refractivity contribution in [3.8, 4) is 11.6 Å². The zero-order valence-electron chi connectivity index (χ0n) is 16.4. The minimum atomic E-state index is -1.25. The Morgan fingerprint density at radius 2 is 2.10 bits per heavy atom. The molecular weight excluding hydrogens is 377 g/mol. The molecule has 0 bridgehead atoms. The number of aliphatic imine (C=N–C) groups is 1. The average Bonchev–Trinajstić information content (AvgIpc) is 2.70. The quantitative estimate of drug-likeness (QED) is 0.848. The van der Waals surface area contributed by atoms with Crippen molar-refractivity contribution in [3.05, 3.63) is 47.7 Å². The SMILES string of the molecule is Cc1nccnc1Oc1ccc(F)c([C@]23CO[C@@H](C)C[C@H]2C(=O)N(C)C(N)=N3)c1. The van der Waals surface area contributed by atoms with Crippen molar-refractivity contribution < 1.29 is 18.7 Å². The number of aryl methyl sites for hydroxylation is 1. The summed E-state index contributed by atoms with van der Waals surface area (Å²) in [5.74, 6) is -0.605. The van der Waals surface area contributed by atoms with E-state index in [1.54, 1.807) is 20.2 Å². The number of halogens is 1. The highest BCUT2D eigenvalue weighted by Crippen LogP contribution is 2.46. The van der Waals surface area contributed by atoms with Gasteiger partial charge < -0.3 is 15.2 Å². The number of rotatable bonds is 3. The van der Waals surface area contributed by atoms with Gasteiger partial charge in [0, 0.05) is 25.0 Å². The summed E-state index contributed by atoms with van der Waals surface area (Å²) in [5, 5.41) is 0. The molecule has 1 aromatic carbocycles. The Bertz CT molecular complexity index is 998. The highest BCUT2D eigenvalue weighted by molar-refractivity contribution is 6.00. The van der Waals surface area contributed by atoms with Crippen LogP contribution in [-0.4, -0.2) is 46.5 Å². The fraction of sp³-hybridized carbons (Fsp3) is 0.400. The van der Waals surface area contributed by atoms with Gasteiger partial charge in [-0.1, -0.05) is 0 Å². The normalized spacial score (nSPS) is 26.7. The minimum Gasteiger partial charge on any atom is -0.437 e. The second kappa shape index (κ2) is 7.07. The van der Waals surface area contributed by atoms with Crippen LogP contribution >= 0.6 is 0 Å². The predicted octanol–water partition coefficient (Wildman–Crippen LogP) is 2.12. The number of benzene rings is 1. The van der Waals surface area contributed by atoms with Gasteiger partial charge >= 0.3 is 0 Å². The Morgan fingerprint density at radius 1 is 1.34 bits per heavy atom. The van der Waals surface area contributed by atoms with E-state index in [1.165, 1.54) is 29.3 Å². The number of aromatic nitrogens is 2. The summed E-state index contributed by atoms with van der Waals surface area (Å²) in [4.78, 5) is 27.1. The van der Waals surface area contributed by atoms with E-state index in [0.29, 0.717) is 23.7 Å². The molecule has 1 fully saturated rings. The van der Waals surface area contributed by atoms with Crippen LogP contribution in [0.15, 0.2) is 35.6 Å². The molecule has 0 spiro atoms. The van der Waals surface area contributed by atoms with E-state index in [0.717, 1.165) is 0 Å². The molecule has 1 saturated heterocycles. The molecule has 4 rings (SSSR count). The molecular formula is C20H22FN5O3. The van der Waals surface area contributed by atoms with E-state index in [1.807, 2.05) is 6.92 Å². The van der Waals surface area contributed by atoms with Gasteiger partial charge in [0.1, 0.15) is 17.1 Å². The first-order valence-corrected chi connectivity index (χ1v) is 9.32. The number of nitrogens with two attached hydrogens (primary N) is 1. The van der Waals surface area contributed by atoms with Crippen LogP contribution in [0.25, 0.3) is 0 Å². The highest BCUT2D eigenvalue weighted by Gasteiger charge is 2.54. The number of carbonyl (C=O) groups is 1. The third-order valence-electron chi connectivity index (χ3n) is 5.47. The Morgan fingerprint density at radius 3 is 2.86 bits per heavy atom. The molecule has 3 atom stereocenters. The summed E-state index contributed by atoms with van der Waals surface area (Å²) in [6.45, 7) is 3.69. The third kappa shape index (κ3) is 3.21. The van der Waals surface area contributed by atoms with Gasteiger partial charge in [0.15, 0.2) is 5.96 Å². The minimum absolute atomic E-state index is 0.0277. The predicted molar refractivity (Wildman–Crippen MR) is 103 cm³/mol. The van der Waals surface area contributed by atoms with Gasteiger partial charge in [0.05, 0.1) is 24.3 Å². The van der Waals surface area contributed by atoms with Gasteiger partial charge in [-0.3, -0.25) is 14.7 Å². The molecule has 29 heavy (non-hydrogen) atoms. The second-order valence-corrected chi connectivity index (χ2v) is 7.39. The Labute approximate surface area is 167 Å². The molecule has 0 aliphatic carbocycles. The second-order valence-electron chi connectivity index (χ2n) is 7.39. The molecule has 2 aliphatic heterocycles. The molecule has 0 saturated carbocycles. The molecule has 8 nitrogen and oxygen atoms in total. The van der Waals surface area contributed by atoms with Crippen LogP contribution in [0.3, 0.4) is 0 Å². The Kier molecular flexibility index (Phi) is 4.70. The van der Waals surface area contributed by atoms with Crippen molar-refractivity contribution in [2.75, 3.05) is 13.7 Å². The molecule has 9 heteroatoms. The number of amides is 1. The summed E-state index contributed by atoms with van der Waals surface area (Å²) in [7, 11) is 1.57. The first-order valence-electron chi connectivity index (χ1n) is 9.32. The fourth-order valence-electron chi connectivity index (χ4n) is 3.84. The van der Waals surface area contributed by atoms with Crippen LogP contribution in [0.5, 0.6) is 11.6 Å². The lowest BCUT2D eigenvalue weighted by Crippen LogP contribution is -2.59. The molecule has 1 aromatic heterocycles. The number of guanidine groups is 1. The molecule has 0 radical (unpaired) electrons. The van der Waals surface area contributed by atoms with Gasteiger partial charge in [0.25, 0.3) is 0 Å². The van der Waals surface area contributed by atoms with E-state index in [2.05, 4.69) is 15.0 Å². The van der Waals surface area contributed by atoms with Gasteiger partial charge in [-0.15, -0.1) is 0 Å². The molecule has 1 amide bonds. The van der Waals surface area contributed by atoms with Gasteiger partial charge in [-0.05, 0) is 38.5 Å². The van der Waals surface area contributed by atoms with E-state index in [9.17, 15) is 4.79 Å². The lowest BCUT2D eigenvalue weighted by Gasteiger charge is -2.46. The summed E-state index contributed by atoms with van der Waals surface area (Å²) in [6.07, 6.45) is 3.33. The van der Waals surface area contributed by atoms with Crippen LogP contribution in [0.4, 0.5) is 4.39 Å². The van der Waals surface area contributed by atoms with Gasteiger partial charge in [0.2, 0.25) is 11.8 Å². The number of fused-ring (bicyclic) bond motifs is 1. The van der Waals surface area contributed by atoms with Crippen LogP contribution < -0.4 is 10.5 Å². The van der Waals surface area contributed by atoms with Crippen LogP contribution in [0.2, 0.25) is 0 Å². The zero-order chi connectivity index (χ0) is 20.8.